The lowest BCUT2D eigenvalue weighted by atomic mass is 10.0. The maximum atomic E-state index is 13.4. The number of rotatable bonds is 12. The zero-order valence-corrected chi connectivity index (χ0v) is 20.5. The molecule has 13 heteroatoms. The molecule has 0 aromatic heterocycles. The molecule has 2 rings (SSSR count). The second kappa shape index (κ2) is 14.1. The average Bonchev–Trinajstić information content (AvgIpc) is 2.85. The van der Waals surface area contributed by atoms with Crippen molar-refractivity contribution in [3.05, 3.63) is 59.2 Å². The van der Waals surface area contributed by atoms with Crippen molar-refractivity contribution in [3.8, 4) is 11.1 Å². The van der Waals surface area contributed by atoms with Gasteiger partial charge in [-0.25, -0.2) is 26.3 Å². The SMILES string of the molecule is CCCCCCC(F)(F)C(F)(F)C(F)(F)NCCCC.Fc1ccccc1-c1c(F)c(F)c(F)c(F)c1F. The van der Waals surface area contributed by atoms with Gasteiger partial charge in [0.25, 0.3) is 0 Å². The topological polar surface area (TPSA) is 12.0 Å². The summed E-state index contributed by atoms with van der Waals surface area (Å²) in [6, 6.07) is -0.682. The predicted octanol–water partition coefficient (Wildman–Crippen LogP) is 9.40. The van der Waals surface area contributed by atoms with Crippen molar-refractivity contribution in [2.45, 2.75) is 76.7 Å². The van der Waals surface area contributed by atoms with Gasteiger partial charge >= 0.3 is 17.9 Å². The molecule has 0 unspecified atom stereocenters. The van der Waals surface area contributed by atoms with Gasteiger partial charge in [-0.3, -0.25) is 5.32 Å². The van der Waals surface area contributed by atoms with Crippen molar-refractivity contribution in [1.29, 1.82) is 0 Å². The summed E-state index contributed by atoms with van der Waals surface area (Å²) in [7, 11) is 0. The number of benzene rings is 2. The fourth-order valence-electron chi connectivity index (χ4n) is 3.20. The Morgan fingerprint density at radius 1 is 0.632 bits per heavy atom. The van der Waals surface area contributed by atoms with Gasteiger partial charge in [-0.05, 0) is 18.9 Å². The third kappa shape index (κ3) is 7.79. The molecular weight excluding hydrogens is 542 g/mol. The summed E-state index contributed by atoms with van der Waals surface area (Å²) in [6.45, 7) is 3.09. The minimum absolute atomic E-state index is 0.193. The van der Waals surface area contributed by atoms with Crippen LogP contribution in [-0.4, -0.2) is 24.4 Å². The van der Waals surface area contributed by atoms with E-state index in [-0.39, 0.29) is 12.8 Å². The number of hydrogen-bond donors (Lipinski definition) is 1. The first-order valence-electron chi connectivity index (χ1n) is 11.7. The number of hydrogen-bond acceptors (Lipinski definition) is 1. The van der Waals surface area contributed by atoms with E-state index in [4.69, 9.17) is 0 Å². The van der Waals surface area contributed by atoms with Crippen LogP contribution in [0.4, 0.5) is 52.7 Å². The maximum Gasteiger partial charge on any atom is 0.386 e. The molecular formula is C25H27F12N. The van der Waals surface area contributed by atoms with Crippen LogP contribution in [0.2, 0.25) is 0 Å². The van der Waals surface area contributed by atoms with Gasteiger partial charge in [-0.1, -0.05) is 57.7 Å². The standard InChI is InChI=1S/C13H23F6N.C12H4F6/c1-3-5-7-8-9-11(14,15)12(16,17)13(18,19)20-10-6-4-2;13-6-4-2-1-3-5(6)7-8(14)10(16)12(18)11(17)9(7)15/h20H,3-10H2,1-2H3;1-4H. The number of nitrogens with one attached hydrogen (secondary N) is 1. The molecule has 2 aromatic rings. The Morgan fingerprint density at radius 2 is 1.13 bits per heavy atom. The van der Waals surface area contributed by atoms with Gasteiger partial charge in [0.05, 0.1) is 5.56 Å². The first-order chi connectivity index (χ1) is 17.6. The molecule has 0 heterocycles. The molecule has 0 saturated carbocycles. The van der Waals surface area contributed by atoms with Gasteiger partial charge in [-0.15, -0.1) is 0 Å². The monoisotopic (exact) mass is 569 g/mol. The van der Waals surface area contributed by atoms with E-state index in [9.17, 15) is 52.7 Å². The Bertz CT molecular complexity index is 1010. The maximum absolute atomic E-state index is 13.4. The van der Waals surface area contributed by atoms with Crippen LogP contribution in [0.25, 0.3) is 11.1 Å². The first-order valence-corrected chi connectivity index (χ1v) is 11.7. The van der Waals surface area contributed by atoms with Gasteiger partial charge < -0.3 is 0 Å². The molecule has 0 aliphatic heterocycles. The summed E-state index contributed by atoms with van der Waals surface area (Å²) in [5.41, 5.74) is -1.96. The van der Waals surface area contributed by atoms with E-state index in [1.54, 1.807) is 6.92 Å². The van der Waals surface area contributed by atoms with Crippen molar-refractivity contribution in [2.24, 2.45) is 0 Å². The van der Waals surface area contributed by atoms with Crippen molar-refractivity contribution < 1.29 is 52.7 Å². The molecule has 0 radical (unpaired) electrons. The van der Waals surface area contributed by atoms with Crippen molar-refractivity contribution in [2.75, 3.05) is 6.54 Å². The van der Waals surface area contributed by atoms with Crippen LogP contribution in [0.1, 0.15) is 58.8 Å². The lowest BCUT2D eigenvalue weighted by molar-refractivity contribution is -0.320. The predicted molar refractivity (Wildman–Crippen MR) is 118 cm³/mol. The molecule has 2 aromatic carbocycles. The molecule has 1 N–H and O–H groups in total. The Labute approximate surface area is 212 Å². The highest BCUT2D eigenvalue weighted by molar-refractivity contribution is 5.65. The zero-order valence-electron chi connectivity index (χ0n) is 20.5. The van der Waals surface area contributed by atoms with Gasteiger partial charge in [0.2, 0.25) is 5.82 Å². The third-order valence-electron chi connectivity index (χ3n) is 5.43. The highest BCUT2D eigenvalue weighted by atomic mass is 19.3. The second-order valence-corrected chi connectivity index (χ2v) is 8.37. The molecule has 0 spiro atoms. The van der Waals surface area contributed by atoms with Crippen LogP contribution in [0.15, 0.2) is 24.3 Å². The molecule has 0 bridgehead atoms. The number of alkyl halides is 6. The largest absolute Gasteiger partial charge is 0.386 e. The minimum Gasteiger partial charge on any atom is -0.253 e. The molecule has 38 heavy (non-hydrogen) atoms. The van der Waals surface area contributed by atoms with Crippen LogP contribution in [0, 0.1) is 34.9 Å². The van der Waals surface area contributed by atoms with Gasteiger partial charge in [0.1, 0.15) is 5.82 Å². The highest BCUT2D eigenvalue weighted by Gasteiger charge is 2.70. The molecule has 0 aliphatic carbocycles. The fraction of sp³-hybridized carbons (Fsp3) is 0.520. The van der Waals surface area contributed by atoms with Crippen LogP contribution < -0.4 is 5.32 Å². The minimum atomic E-state index is -5.39. The zero-order chi connectivity index (χ0) is 29.3. The second-order valence-electron chi connectivity index (χ2n) is 8.37. The smallest absolute Gasteiger partial charge is 0.253 e. The Kier molecular flexibility index (Phi) is 12.5. The van der Waals surface area contributed by atoms with Crippen molar-refractivity contribution >= 4 is 0 Å². The summed E-state index contributed by atoms with van der Waals surface area (Å²) in [5, 5.41) is 1.24. The van der Waals surface area contributed by atoms with E-state index in [0.29, 0.717) is 19.3 Å². The molecule has 0 aliphatic rings. The van der Waals surface area contributed by atoms with E-state index in [1.165, 1.54) is 17.4 Å². The molecule has 216 valence electrons. The van der Waals surface area contributed by atoms with Crippen LogP contribution in [-0.2, 0) is 0 Å². The van der Waals surface area contributed by atoms with Gasteiger partial charge in [-0.2, -0.15) is 26.3 Å². The summed E-state index contributed by atoms with van der Waals surface area (Å²) in [6.07, 6.45) is 0.989. The van der Waals surface area contributed by atoms with E-state index in [0.717, 1.165) is 18.6 Å². The van der Waals surface area contributed by atoms with Crippen LogP contribution in [0.3, 0.4) is 0 Å². The molecule has 0 fully saturated rings. The van der Waals surface area contributed by atoms with Crippen LogP contribution in [0.5, 0.6) is 0 Å². The molecule has 0 saturated heterocycles. The first kappa shape index (κ1) is 33.6. The molecule has 0 amide bonds. The lowest BCUT2D eigenvalue weighted by Gasteiger charge is -2.33. The summed E-state index contributed by atoms with van der Waals surface area (Å²) >= 11 is 0. The van der Waals surface area contributed by atoms with E-state index < -0.39 is 76.9 Å². The van der Waals surface area contributed by atoms with Gasteiger partial charge in [0, 0.05) is 18.5 Å². The van der Waals surface area contributed by atoms with E-state index in [2.05, 4.69) is 0 Å². The number of unbranched alkanes of at least 4 members (excludes halogenated alkanes) is 4. The Hall–Kier alpha value is -2.44. The Morgan fingerprint density at radius 3 is 1.63 bits per heavy atom. The molecule has 0 atom stereocenters. The number of halogens is 12. The Balaban J connectivity index is 0.000000381. The average molecular weight is 569 g/mol. The highest BCUT2D eigenvalue weighted by Crippen LogP contribution is 2.46. The molecule has 1 nitrogen and oxygen atoms in total. The van der Waals surface area contributed by atoms with Gasteiger partial charge in [0.15, 0.2) is 23.3 Å². The van der Waals surface area contributed by atoms with E-state index in [1.807, 2.05) is 6.92 Å². The fourth-order valence-corrected chi connectivity index (χ4v) is 3.20. The van der Waals surface area contributed by atoms with E-state index >= 15 is 0 Å². The van der Waals surface area contributed by atoms with Crippen LogP contribution >= 0.6 is 0 Å². The lowest BCUT2D eigenvalue weighted by Crippen LogP contribution is -2.61. The van der Waals surface area contributed by atoms with Crippen molar-refractivity contribution in [3.63, 3.8) is 0 Å². The summed E-state index contributed by atoms with van der Waals surface area (Å²) < 4.78 is 159. The quantitative estimate of drug-likeness (QED) is 0.0883. The summed E-state index contributed by atoms with van der Waals surface area (Å²) in [4.78, 5) is 0. The normalized spacial score (nSPS) is 12.4. The summed E-state index contributed by atoms with van der Waals surface area (Å²) in [5.74, 6) is -21.8. The third-order valence-corrected chi connectivity index (χ3v) is 5.43. The van der Waals surface area contributed by atoms with Crippen molar-refractivity contribution in [1.82, 2.24) is 5.32 Å².